The summed E-state index contributed by atoms with van der Waals surface area (Å²) < 4.78 is 0. The highest BCUT2D eigenvalue weighted by molar-refractivity contribution is 7.15. The minimum Gasteiger partial charge on any atom is -0.335 e. The largest absolute Gasteiger partial charge is 0.335 e. The minimum absolute atomic E-state index is 0.0356. The SMILES string of the molecule is Cc1cnc(C(=O)N2CCN(Cc3ccc(-c4cccc(Cl)c4)s3)CC2)cn1. The number of nitrogens with zero attached hydrogens (tertiary/aromatic N) is 4. The summed E-state index contributed by atoms with van der Waals surface area (Å²) in [4.78, 5) is 27.7. The molecule has 0 radical (unpaired) electrons. The first-order valence-electron chi connectivity index (χ1n) is 9.23. The van der Waals surface area contributed by atoms with Crippen LogP contribution in [0.5, 0.6) is 0 Å². The maximum atomic E-state index is 12.6. The van der Waals surface area contributed by atoms with Gasteiger partial charge in [-0.25, -0.2) is 4.98 Å². The van der Waals surface area contributed by atoms with E-state index in [1.165, 1.54) is 9.75 Å². The summed E-state index contributed by atoms with van der Waals surface area (Å²) in [6, 6.07) is 12.3. The van der Waals surface area contributed by atoms with Gasteiger partial charge in [0.25, 0.3) is 5.91 Å². The lowest BCUT2D eigenvalue weighted by molar-refractivity contribution is 0.0623. The Bertz CT molecular complexity index is 965. The normalized spacial score (nSPS) is 15.0. The Morgan fingerprint density at radius 3 is 2.64 bits per heavy atom. The summed E-state index contributed by atoms with van der Waals surface area (Å²) in [7, 11) is 0. The zero-order valence-electron chi connectivity index (χ0n) is 15.6. The Hall–Kier alpha value is -2.28. The Balaban J connectivity index is 1.33. The fourth-order valence-corrected chi connectivity index (χ4v) is 4.49. The van der Waals surface area contributed by atoms with Crippen LogP contribution < -0.4 is 0 Å². The lowest BCUT2D eigenvalue weighted by atomic mass is 10.2. The summed E-state index contributed by atoms with van der Waals surface area (Å²) in [5.41, 5.74) is 2.39. The van der Waals surface area contributed by atoms with E-state index in [9.17, 15) is 4.79 Å². The van der Waals surface area contributed by atoms with E-state index in [4.69, 9.17) is 11.6 Å². The smallest absolute Gasteiger partial charge is 0.274 e. The number of thiophene rings is 1. The quantitative estimate of drug-likeness (QED) is 0.646. The molecule has 4 rings (SSSR count). The van der Waals surface area contributed by atoms with Gasteiger partial charge in [-0.2, -0.15) is 0 Å². The molecule has 1 aliphatic rings. The molecule has 1 amide bonds. The molecule has 3 heterocycles. The van der Waals surface area contributed by atoms with Gasteiger partial charge in [0, 0.05) is 53.7 Å². The number of aryl methyl sites for hydroxylation is 1. The highest BCUT2D eigenvalue weighted by Gasteiger charge is 2.23. The van der Waals surface area contributed by atoms with Crippen LogP contribution >= 0.6 is 22.9 Å². The molecule has 5 nitrogen and oxygen atoms in total. The molecule has 7 heteroatoms. The summed E-state index contributed by atoms with van der Waals surface area (Å²) in [6.45, 7) is 5.90. The molecule has 0 N–H and O–H groups in total. The molecule has 144 valence electrons. The predicted octanol–water partition coefficient (Wildman–Crippen LogP) is 4.12. The maximum Gasteiger partial charge on any atom is 0.274 e. The number of carbonyl (C=O) groups excluding carboxylic acids is 1. The fourth-order valence-electron chi connectivity index (χ4n) is 3.25. The van der Waals surface area contributed by atoms with E-state index in [-0.39, 0.29) is 5.91 Å². The van der Waals surface area contributed by atoms with Gasteiger partial charge in [0.1, 0.15) is 5.69 Å². The third kappa shape index (κ3) is 4.41. The number of amides is 1. The molecule has 0 unspecified atom stereocenters. The molecular weight excluding hydrogens is 392 g/mol. The van der Waals surface area contributed by atoms with Gasteiger partial charge < -0.3 is 4.90 Å². The van der Waals surface area contributed by atoms with E-state index in [1.807, 2.05) is 30.0 Å². The van der Waals surface area contributed by atoms with Crippen LogP contribution in [-0.2, 0) is 6.54 Å². The van der Waals surface area contributed by atoms with E-state index >= 15 is 0 Å². The predicted molar refractivity (Wildman–Crippen MR) is 113 cm³/mol. The number of aromatic nitrogens is 2. The average Bonchev–Trinajstić information content (AvgIpc) is 3.17. The number of hydrogen-bond donors (Lipinski definition) is 0. The van der Waals surface area contributed by atoms with Crippen molar-refractivity contribution in [3.63, 3.8) is 0 Å². The van der Waals surface area contributed by atoms with Crippen LogP contribution in [0.4, 0.5) is 0 Å². The molecule has 0 atom stereocenters. The molecule has 0 bridgehead atoms. The van der Waals surface area contributed by atoms with Gasteiger partial charge in [-0.1, -0.05) is 23.7 Å². The molecule has 0 saturated carbocycles. The Kier molecular flexibility index (Phi) is 5.71. The Labute approximate surface area is 173 Å². The van der Waals surface area contributed by atoms with Gasteiger partial charge in [0.2, 0.25) is 0 Å². The summed E-state index contributed by atoms with van der Waals surface area (Å²) in [6.07, 6.45) is 3.20. The monoisotopic (exact) mass is 412 g/mol. The van der Waals surface area contributed by atoms with Crippen molar-refractivity contribution >= 4 is 28.8 Å². The van der Waals surface area contributed by atoms with Crippen molar-refractivity contribution in [2.75, 3.05) is 26.2 Å². The van der Waals surface area contributed by atoms with Crippen LogP contribution in [0.3, 0.4) is 0 Å². The van der Waals surface area contributed by atoms with Gasteiger partial charge >= 0.3 is 0 Å². The molecule has 1 fully saturated rings. The molecule has 1 aliphatic heterocycles. The number of hydrogen-bond acceptors (Lipinski definition) is 5. The number of carbonyl (C=O) groups is 1. The molecule has 2 aromatic heterocycles. The molecule has 28 heavy (non-hydrogen) atoms. The Morgan fingerprint density at radius 2 is 1.93 bits per heavy atom. The third-order valence-corrected chi connectivity index (χ3v) is 6.16. The number of piperazine rings is 1. The second kappa shape index (κ2) is 8.39. The number of halogens is 1. The van der Waals surface area contributed by atoms with Crippen molar-refractivity contribution in [3.05, 3.63) is 70.1 Å². The molecule has 0 aliphatic carbocycles. The van der Waals surface area contributed by atoms with Crippen LogP contribution in [0.1, 0.15) is 21.1 Å². The van der Waals surface area contributed by atoms with Crippen LogP contribution in [-0.4, -0.2) is 51.9 Å². The van der Waals surface area contributed by atoms with Crippen molar-refractivity contribution in [3.8, 4) is 10.4 Å². The van der Waals surface area contributed by atoms with Crippen LogP contribution in [0, 0.1) is 6.92 Å². The van der Waals surface area contributed by atoms with E-state index in [0.717, 1.165) is 35.9 Å². The third-order valence-electron chi connectivity index (χ3n) is 4.81. The first-order chi connectivity index (χ1) is 13.6. The first-order valence-corrected chi connectivity index (χ1v) is 10.4. The lowest BCUT2D eigenvalue weighted by Gasteiger charge is -2.34. The molecular formula is C21H21ClN4OS. The highest BCUT2D eigenvalue weighted by atomic mass is 35.5. The van der Waals surface area contributed by atoms with Crippen molar-refractivity contribution in [1.82, 2.24) is 19.8 Å². The van der Waals surface area contributed by atoms with Gasteiger partial charge in [-0.05, 0) is 36.8 Å². The van der Waals surface area contributed by atoms with Gasteiger partial charge in [-0.15, -0.1) is 11.3 Å². The summed E-state index contributed by atoms with van der Waals surface area (Å²) >= 11 is 7.90. The maximum absolute atomic E-state index is 12.6. The molecule has 1 aromatic carbocycles. The Morgan fingerprint density at radius 1 is 1.11 bits per heavy atom. The lowest BCUT2D eigenvalue weighted by Crippen LogP contribution is -2.48. The summed E-state index contributed by atoms with van der Waals surface area (Å²) in [5, 5.41) is 0.756. The van der Waals surface area contributed by atoms with Crippen LogP contribution in [0.15, 0.2) is 48.8 Å². The summed E-state index contributed by atoms with van der Waals surface area (Å²) in [5.74, 6) is -0.0356. The van der Waals surface area contributed by atoms with Crippen molar-refractivity contribution < 1.29 is 4.79 Å². The van der Waals surface area contributed by atoms with Crippen LogP contribution in [0.2, 0.25) is 5.02 Å². The zero-order valence-corrected chi connectivity index (χ0v) is 17.2. The number of rotatable bonds is 4. The highest BCUT2D eigenvalue weighted by Crippen LogP contribution is 2.30. The van der Waals surface area contributed by atoms with Crippen LogP contribution in [0.25, 0.3) is 10.4 Å². The van der Waals surface area contributed by atoms with Crippen molar-refractivity contribution in [2.24, 2.45) is 0 Å². The fraction of sp³-hybridized carbons (Fsp3) is 0.286. The minimum atomic E-state index is -0.0356. The zero-order chi connectivity index (χ0) is 19.5. The first kappa shape index (κ1) is 19.1. The van der Waals surface area contributed by atoms with E-state index < -0.39 is 0 Å². The van der Waals surface area contributed by atoms with Crippen molar-refractivity contribution in [2.45, 2.75) is 13.5 Å². The van der Waals surface area contributed by atoms with E-state index in [0.29, 0.717) is 18.8 Å². The molecule has 3 aromatic rings. The second-order valence-corrected chi connectivity index (χ2v) is 8.49. The van der Waals surface area contributed by atoms with E-state index in [1.54, 1.807) is 23.7 Å². The van der Waals surface area contributed by atoms with Gasteiger partial charge in [0.15, 0.2) is 0 Å². The average molecular weight is 413 g/mol. The number of benzene rings is 1. The molecule has 1 saturated heterocycles. The van der Waals surface area contributed by atoms with E-state index in [2.05, 4.69) is 33.1 Å². The van der Waals surface area contributed by atoms with Gasteiger partial charge in [0.05, 0.1) is 11.9 Å². The topological polar surface area (TPSA) is 49.3 Å². The second-order valence-electron chi connectivity index (χ2n) is 6.89. The van der Waals surface area contributed by atoms with Gasteiger partial charge in [-0.3, -0.25) is 14.7 Å². The van der Waals surface area contributed by atoms with Crippen molar-refractivity contribution in [1.29, 1.82) is 0 Å². The molecule has 0 spiro atoms. The standard InChI is InChI=1S/C21H21ClN4OS/c1-15-12-24-19(13-23-15)21(27)26-9-7-25(8-10-26)14-18-5-6-20(28-18)16-3-2-4-17(22)11-16/h2-6,11-13H,7-10,14H2,1H3.